The molecular weight excluding hydrogens is 382 g/mol. The van der Waals surface area contributed by atoms with E-state index in [-0.39, 0.29) is 11.8 Å². The molecule has 3 amide bonds. The average Bonchev–Trinajstić information content (AvgIpc) is 3.18. The molecule has 0 unspecified atom stereocenters. The molecule has 156 valence electrons. The van der Waals surface area contributed by atoms with Gasteiger partial charge >= 0.3 is 6.03 Å². The van der Waals surface area contributed by atoms with Gasteiger partial charge in [-0.1, -0.05) is 12.1 Å². The Morgan fingerprint density at radius 1 is 1.17 bits per heavy atom. The van der Waals surface area contributed by atoms with Crippen LogP contribution in [0.25, 0.3) is 16.9 Å². The third-order valence-corrected chi connectivity index (χ3v) is 5.43. The molecular formula is C21H25N7O2. The Morgan fingerprint density at radius 2 is 1.87 bits per heavy atom. The molecule has 3 heterocycles. The van der Waals surface area contributed by atoms with Gasteiger partial charge in [0.2, 0.25) is 0 Å². The average molecular weight is 407 g/mol. The number of primary amides is 1. The molecule has 30 heavy (non-hydrogen) atoms. The Hall–Kier alpha value is -3.62. The number of hydrogen-bond donors (Lipinski definition) is 3. The van der Waals surface area contributed by atoms with Gasteiger partial charge in [-0.2, -0.15) is 0 Å². The molecule has 2 aromatic heterocycles. The maximum Gasteiger partial charge on any atom is 0.314 e. The second-order valence-electron chi connectivity index (χ2n) is 7.43. The Bertz CT molecular complexity index is 1080. The van der Waals surface area contributed by atoms with Crippen LogP contribution in [0.5, 0.6) is 0 Å². The first kappa shape index (κ1) is 19.7. The number of piperidine rings is 1. The van der Waals surface area contributed by atoms with Crippen molar-refractivity contribution >= 4 is 23.3 Å². The maximum absolute atomic E-state index is 12.3. The summed E-state index contributed by atoms with van der Waals surface area (Å²) >= 11 is 0. The lowest BCUT2D eigenvalue weighted by Gasteiger charge is -2.30. The molecule has 0 aliphatic carbocycles. The van der Waals surface area contributed by atoms with Gasteiger partial charge in [0.05, 0.1) is 5.69 Å². The van der Waals surface area contributed by atoms with E-state index >= 15 is 0 Å². The van der Waals surface area contributed by atoms with E-state index in [0.29, 0.717) is 36.7 Å². The van der Waals surface area contributed by atoms with E-state index in [4.69, 9.17) is 16.5 Å². The van der Waals surface area contributed by atoms with Gasteiger partial charge < -0.3 is 21.7 Å². The van der Waals surface area contributed by atoms with Gasteiger partial charge in [-0.3, -0.25) is 9.20 Å². The van der Waals surface area contributed by atoms with Crippen molar-refractivity contribution in [2.24, 2.45) is 5.73 Å². The van der Waals surface area contributed by atoms with Crippen LogP contribution < -0.4 is 16.8 Å². The van der Waals surface area contributed by atoms with Crippen LogP contribution in [-0.2, 0) is 0 Å². The Kier molecular flexibility index (Phi) is 5.26. The number of nitrogens with two attached hydrogens (primary N) is 2. The third kappa shape index (κ3) is 3.78. The summed E-state index contributed by atoms with van der Waals surface area (Å²) in [5, 5.41) is 2.79. The number of amides is 3. The van der Waals surface area contributed by atoms with E-state index in [2.05, 4.69) is 10.3 Å². The Balaban J connectivity index is 1.78. The van der Waals surface area contributed by atoms with Gasteiger partial charge in [-0.15, -0.1) is 0 Å². The van der Waals surface area contributed by atoms with Crippen molar-refractivity contribution in [3.05, 3.63) is 48.0 Å². The van der Waals surface area contributed by atoms with E-state index in [0.717, 1.165) is 29.9 Å². The van der Waals surface area contributed by atoms with Gasteiger partial charge in [0.25, 0.3) is 5.91 Å². The number of carbonyl (C=O) groups excluding carboxylic acids is 2. The molecule has 0 saturated carbocycles. The first-order chi connectivity index (χ1) is 14.5. The van der Waals surface area contributed by atoms with Gasteiger partial charge in [0.1, 0.15) is 17.2 Å². The van der Waals surface area contributed by atoms with Crippen LogP contribution in [0.15, 0.2) is 36.5 Å². The van der Waals surface area contributed by atoms with Gasteiger partial charge in [0.15, 0.2) is 0 Å². The molecule has 3 aromatic rings. The number of benzene rings is 1. The number of urea groups is 1. The Morgan fingerprint density at radius 3 is 2.50 bits per heavy atom. The maximum atomic E-state index is 12.3. The summed E-state index contributed by atoms with van der Waals surface area (Å²) in [6.07, 6.45) is 3.21. The zero-order valence-electron chi connectivity index (χ0n) is 16.8. The molecule has 1 fully saturated rings. The number of fused-ring (bicyclic) bond motifs is 1. The molecule has 5 N–H and O–H groups in total. The monoisotopic (exact) mass is 407 g/mol. The zero-order valence-corrected chi connectivity index (χ0v) is 16.8. The molecule has 4 rings (SSSR count). The fourth-order valence-electron chi connectivity index (χ4n) is 3.82. The zero-order chi connectivity index (χ0) is 21.3. The SMILES string of the molecule is CCNC(=O)c1cn2c(C3CCN(C(N)=O)CC3)nc(-c3ccc(N)cc3)cc2n1. The summed E-state index contributed by atoms with van der Waals surface area (Å²) in [6, 6.07) is 8.97. The minimum Gasteiger partial charge on any atom is -0.399 e. The molecule has 1 aliphatic rings. The third-order valence-electron chi connectivity index (χ3n) is 5.43. The number of aromatic nitrogens is 3. The lowest BCUT2D eigenvalue weighted by Crippen LogP contribution is -2.41. The number of carbonyl (C=O) groups is 2. The molecule has 0 atom stereocenters. The highest BCUT2D eigenvalue weighted by molar-refractivity contribution is 5.93. The topological polar surface area (TPSA) is 132 Å². The number of nitrogen functional groups attached to an aromatic ring is 1. The number of likely N-dealkylation sites (tertiary alicyclic amines) is 1. The quantitative estimate of drug-likeness (QED) is 0.569. The van der Waals surface area contributed by atoms with E-state index in [9.17, 15) is 9.59 Å². The van der Waals surface area contributed by atoms with Crippen LogP contribution in [0.3, 0.4) is 0 Å². The van der Waals surface area contributed by atoms with Crippen molar-refractivity contribution in [3.8, 4) is 11.3 Å². The summed E-state index contributed by atoms with van der Waals surface area (Å²) in [5.41, 5.74) is 14.6. The number of hydrogen-bond acceptors (Lipinski definition) is 5. The van der Waals surface area contributed by atoms with Crippen molar-refractivity contribution in [1.29, 1.82) is 0 Å². The van der Waals surface area contributed by atoms with Gasteiger partial charge in [-0.05, 0) is 31.9 Å². The standard InChI is InChI=1S/C21H25N7O2/c1-2-24-20(29)17-12-28-18(25-17)11-16(13-3-5-15(22)6-4-13)26-19(28)14-7-9-27(10-8-14)21(23)30/h3-6,11-12,14H,2,7-10,22H2,1H3,(H2,23,30)(H,24,29). The van der Waals surface area contributed by atoms with Crippen LogP contribution in [-0.4, -0.2) is 50.8 Å². The van der Waals surface area contributed by atoms with Crippen molar-refractivity contribution in [2.45, 2.75) is 25.7 Å². The fraction of sp³-hybridized carbons (Fsp3) is 0.333. The van der Waals surface area contributed by atoms with Crippen molar-refractivity contribution < 1.29 is 9.59 Å². The lowest BCUT2D eigenvalue weighted by molar-refractivity contribution is 0.0951. The van der Waals surface area contributed by atoms with Gasteiger partial charge in [0, 0.05) is 49.1 Å². The van der Waals surface area contributed by atoms with Crippen LogP contribution in [0.4, 0.5) is 10.5 Å². The van der Waals surface area contributed by atoms with Crippen LogP contribution in [0.1, 0.15) is 42.0 Å². The highest BCUT2D eigenvalue weighted by Crippen LogP contribution is 2.30. The second kappa shape index (κ2) is 8.02. The molecule has 9 nitrogen and oxygen atoms in total. The molecule has 9 heteroatoms. The predicted molar refractivity (Wildman–Crippen MR) is 114 cm³/mol. The molecule has 1 aromatic carbocycles. The van der Waals surface area contributed by atoms with Crippen LogP contribution in [0.2, 0.25) is 0 Å². The van der Waals surface area contributed by atoms with Crippen molar-refractivity contribution in [1.82, 2.24) is 24.6 Å². The number of imidazole rings is 1. The van der Waals surface area contributed by atoms with E-state index in [1.54, 1.807) is 11.1 Å². The molecule has 1 saturated heterocycles. The van der Waals surface area contributed by atoms with Crippen molar-refractivity contribution in [2.75, 3.05) is 25.4 Å². The molecule has 0 bridgehead atoms. The lowest BCUT2D eigenvalue weighted by atomic mass is 9.95. The minimum atomic E-state index is -0.400. The van der Waals surface area contributed by atoms with E-state index in [1.165, 1.54) is 0 Å². The molecule has 0 spiro atoms. The summed E-state index contributed by atoms with van der Waals surface area (Å²) in [6.45, 7) is 3.55. The summed E-state index contributed by atoms with van der Waals surface area (Å²) in [4.78, 5) is 34.9. The fourth-order valence-corrected chi connectivity index (χ4v) is 3.82. The first-order valence-corrected chi connectivity index (χ1v) is 10.0. The number of rotatable bonds is 4. The normalized spacial score (nSPS) is 14.8. The highest BCUT2D eigenvalue weighted by atomic mass is 16.2. The second-order valence-corrected chi connectivity index (χ2v) is 7.43. The highest BCUT2D eigenvalue weighted by Gasteiger charge is 2.26. The predicted octanol–water partition coefficient (Wildman–Crippen LogP) is 1.99. The van der Waals surface area contributed by atoms with Crippen LogP contribution >= 0.6 is 0 Å². The summed E-state index contributed by atoms with van der Waals surface area (Å²) < 4.78 is 1.88. The molecule has 1 aliphatic heterocycles. The smallest absolute Gasteiger partial charge is 0.314 e. The summed E-state index contributed by atoms with van der Waals surface area (Å²) in [7, 11) is 0. The number of nitrogens with zero attached hydrogens (tertiary/aromatic N) is 4. The van der Waals surface area contributed by atoms with Gasteiger partial charge in [-0.25, -0.2) is 14.8 Å². The molecule has 0 radical (unpaired) electrons. The Labute approximate surface area is 174 Å². The van der Waals surface area contributed by atoms with E-state index < -0.39 is 6.03 Å². The number of anilines is 1. The summed E-state index contributed by atoms with van der Waals surface area (Å²) in [5.74, 6) is 0.726. The number of nitrogens with one attached hydrogen (secondary N) is 1. The minimum absolute atomic E-state index is 0.119. The van der Waals surface area contributed by atoms with Crippen LogP contribution in [0, 0.1) is 0 Å². The van der Waals surface area contributed by atoms with E-state index in [1.807, 2.05) is 41.7 Å². The largest absolute Gasteiger partial charge is 0.399 e. The van der Waals surface area contributed by atoms with Crippen molar-refractivity contribution in [3.63, 3.8) is 0 Å². The first-order valence-electron chi connectivity index (χ1n) is 10.0.